The van der Waals surface area contributed by atoms with Gasteiger partial charge in [-0.3, -0.25) is 4.79 Å². The van der Waals surface area contributed by atoms with Gasteiger partial charge in [0.2, 0.25) is 0 Å². The Morgan fingerprint density at radius 1 is 1.05 bits per heavy atom. The number of benzene rings is 1. The predicted molar refractivity (Wildman–Crippen MR) is 87.9 cm³/mol. The van der Waals surface area contributed by atoms with E-state index in [-0.39, 0.29) is 5.91 Å². The molecule has 0 radical (unpaired) electrons. The molecular formula is C17H22N4O. The first-order valence-corrected chi connectivity index (χ1v) is 7.69. The van der Waals surface area contributed by atoms with Crippen molar-refractivity contribution >= 4 is 11.7 Å². The van der Waals surface area contributed by atoms with Crippen molar-refractivity contribution in [2.24, 2.45) is 0 Å². The van der Waals surface area contributed by atoms with Gasteiger partial charge in [-0.1, -0.05) is 37.3 Å². The van der Waals surface area contributed by atoms with Crippen molar-refractivity contribution < 1.29 is 4.79 Å². The molecule has 0 fully saturated rings. The molecule has 0 aliphatic carbocycles. The van der Waals surface area contributed by atoms with Crippen molar-refractivity contribution in [2.75, 3.05) is 18.4 Å². The van der Waals surface area contributed by atoms with Gasteiger partial charge in [0.1, 0.15) is 5.82 Å². The lowest BCUT2D eigenvalue weighted by atomic mass is 10.1. The first-order chi connectivity index (χ1) is 10.8. The minimum atomic E-state index is -0.178. The van der Waals surface area contributed by atoms with Crippen molar-refractivity contribution in [3.8, 4) is 0 Å². The maximum atomic E-state index is 11.9. The standard InChI is InChI=1S/C17H22N4O/c1-2-12-18-16-11-10-15(20-21-16)17(22)19-13-6-9-14-7-4-3-5-8-14/h3-5,7-8,10-11H,2,6,9,12-13H2,1H3,(H,18,21)(H,19,22). The summed E-state index contributed by atoms with van der Waals surface area (Å²) in [6.07, 6.45) is 2.87. The average molecular weight is 298 g/mol. The van der Waals surface area contributed by atoms with Gasteiger partial charge in [0.05, 0.1) is 0 Å². The summed E-state index contributed by atoms with van der Waals surface area (Å²) in [6.45, 7) is 3.56. The molecule has 0 aliphatic rings. The van der Waals surface area contributed by atoms with E-state index < -0.39 is 0 Å². The molecule has 22 heavy (non-hydrogen) atoms. The molecule has 2 N–H and O–H groups in total. The fourth-order valence-corrected chi connectivity index (χ4v) is 2.03. The molecule has 116 valence electrons. The largest absolute Gasteiger partial charge is 0.369 e. The van der Waals surface area contributed by atoms with Crippen LogP contribution in [-0.2, 0) is 6.42 Å². The third-order valence-electron chi connectivity index (χ3n) is 3.22. The number of aromatic nitrogens is 2. The molecule has 1 aromatic heterocycles. The first kappa shape index (κ1) is 15.9. The van der Waals surface area contributed by atoms with E-state index in [1.54, 1.807) is 12.1 Å². The summed E-state index contributed by atoms with van der Waals surface area (Å²) in [5.74, 6) is 0.519. The number of hydrogen-bond acceptors (Lipinski definition) is 4. The summed E-state index contributed by atoms with van der Waals surface area (Å²) in [7, 11) is 0. The van der Waals surface area contributed by atoms with E-state index in [2.05, 4.69) is 39.9 Å². The Labute approximate surface area is 131 Å². The van der Waals surface area contributed by atoms with Gasteiger partial charge >= 0.3 is 0 Å². The molecule has 1 aromatic carbocycles. The van der Waals surface area contributed by atoms with Crippen LogP contribution in [0.5, 0.6) is 0 Å². The van der Waals surface area contributed by atoms with Gasteiger partial charge in [-0.25, -0.2) is 0 Å². The highest BCUT2D eigenvalue weighted by Gasteiger charge is 2.07. The number of carbonyl (C=O) groups excluding carboxylic acids is 1. The molecule has 0 saturated heterocycles. The van der Waals surface area contributed by atoms with E-state index in [0.717, 1.165) is 25.8 Å². The maximum absolute atomic E-state index is 11.9. The number of hydrogen-bond donors (Lipinski definition) is 2. The van der Waals surface area contributed by atoms with Crippen LogP contribution in [0.15, 0.2) is 42.5 Å². The van der Waals surface area contributed by atoms with Crippen molar-refractivity contribution in [3.05, 3.63) is 53.7 Å². The van der Waals surface area contributed by atoms with Gasteiger partial charge in [0.25, 0.3) is 5.91 Å². The number of rotatable bonds is 8. The summed E-state index contributed by atoms with van der Waals surface area (Å²) in [6, 6.07) is 13.7. The summed E-state index contributed by atoms with van der Waals surface area (Å²) < 4.78 is 0. The zero-order valence-corrected chi connectivity index (χ0v) is 12.9. The van der Waals surface area contributed by atoms with Crippen LogP contribution in [0.1, 0.15) is 35.8 Å². The van der Waals surface area contributed by atoms with Crippen LogP contribution in [0.4, 0.5) is 5.82 Å². The van der Waals surface area contributed by atoms with E-state index in [0.29, 0.717) is 18.1 Å². The fourth-order valence-electron chi connectivity index (χ4n) is 2.03. The maximum Gasteiger partial charge on any atom is 0.271 e. The number of nitrogens with zero attached hydrogens (tertiary/aromatic N) is 2. The van der Waals surface area contributed by atoms with Gasteiger partial charge in [-0.2, -0.15) is 0 Å². The zero-order chi connectivity index (χ0) is 15.6. The Kier molecular flexibility index (Phi) is 6.36. The Balaban J connectivity index is 1.72. The van der Waals surface area contributed by atoms with Gasteiger partial charge in [0, 0.05) is 13.1 Å². The average Bonchev–Trinajstić information content (AvgIpc) is 2.58. The number of anilines is 1. The molecule has 5 nitrogen and oxygen atoms in total. The van der Waals surface area contributed by atoms with Crippen LogP contribution < -0.4 is 10.6 Å². The molecule has 2 aromatic rings. The molecule has 0 bridgehead atoms. The molecule has 5 heteroatoms. The Hall–Kier alpha value is -2.43. The van der Waals surface area contributed by atoms with E-state index in [1.807, 2.05) is 18.2 Å². The minimum absolute atomic E-state index is 0.178. The lowest BCUT2D eigenvalue weighted by molar-refractivity contribution is 0.0947. The van der Waals surface area contributed by atoms with Crippen molar-refractivity contribution in [3.63, 3.8) is 0 Å². The summed E-state index contributed by atoms with van der Waals surface area (Å²) in [4.78, 5) is 11.9. The van der Waals surface area contributed by atoms with E-state index in [4.69, 9.17) is 0 Å². The zero-order valence-electron chi connectivity index (χ0n) is 12.9. The number of nitrogens with one attached hydrogen (secondary N) is 2. The second-order valence-electron chi connectivity index (χ2n) is 5.08. The molecule has 0 saturated carbocycles. The number of amides is 1. The summed E-state index contributed by atoms with van der Waals surface area (Å²) in [5, 5.41) is 13.9. The van der Waals surface area contributed by atoms with Crippen LogP contribution in [0.25, 0.3) is 0 Å². The smallest absolute Gasteiger partial charge is 0.271 e. The fraction of sp³-hybridized carbons (Fsp3) is 0.353. The monoisotopic (exact) mass is 298 g/mol. The topological polar surface area (TPSA) is 66.9 Å². The molecule has 0 unspecified atom stereocenters. The van der Waals surface area contributed by atoms with Crippen LogP contribution in [0.2, 0.25) is 0 Å². The second kappa shape index (κ2) is 8.77. The normalized spacial score (nSPS) is 10.2. The van der Waals surface area contributed by atoms with Gasteiger partial charge in [-0.15, -0.1) is 10.2 Å². The Morgan fingerprint density at radius 3 is 2.55 bits per heavy atom. The Morgan fingerprint density at radius 2 is 1.86 bits per heavy atom. The SMILES string of the molecule is CCCNc1ccc(C(=O)NCCCc2ccccc2)nn1. The van der Waals surface area contributed by atoms with Crippen LogP contribution in [0, 0.1) is 0 Å². The van der Waals surface area contributed by atoms with Gasteiger partial charge < -0.3 is 10.6 Å². The van der Waals surface area contributed by atoms with E-state index in [1.165, 1.54) is 5.56 Å². The summed E-state index contributed by atoms with van der Waals surface area (Å²) >= 11 is 0. The van der Waals surface area contributed by atoms with Gasteiger partial charge in [-0.05, 0) is 37.0 Å². The third-order valence-corrected chi connectivity index (χ3v) is 3.22. The van der Waals surface area contributed by atoms with Gasteiger partial charge in [0.15, 0.2) is 5.69 Å². The Bertz CT molecular complexity index is 569. The highest BCUT2D eigenvalue weighted by molar-refractivity contribution is 5.92. The lowest BCUT2D eigenvalue weighted by Gasteiger charge is -2.06. The molecule has 0 atom stereocenters. The van der Waals surface area contributed by atoms with Crippen LogP contribution >= 0.6 is 0 Å². The first-order valence-electron chi connectivity index (χ1n) is 7.69. The highest BCUT2D eigenvalue weighted by Crippen LogP contribution is 2.03. The molecule has 1 heterocycles. The molecule has 2 rings (SSSR count). The number of carbonyl (C=O) groups is 1. The summed E-state index contributed by atoms with van der Waals surface area (Å²) in [5.41, 5.74) is 1.63. The van der Waals surface area contributed by atoms with Crippen molar-refractivity contribution in [2.45, 2.75) is 26.2 Å². The lowest BCUT2D eigenvalue weighted by Crippen LogP contribution is -2.26. The predicted octanol–water partition coefficient (Wildman–Crippen LogP) is 2.66. The third kappa shape index (κ3) is 5.16. The highest BCUT2D eigenvalue weighted by atomic mass is 16.1. The van der Waals surface area contributed by atoms with Crippen molar-refractivity contribution in [1.29, 1.82) is 0 Å². The van der Waals surface area contributed by atoms with Crippen molar-refractivity contribution in [1.82, 2.24) is 15.5 Å². The minimum Gasteiger partial charge on any atom is -0.369 e. The second-order valence-corrected chi connectivity index (χ2v) is 5.08. The van der Waals surface area contributed by atoms with E-state index >= 15 is 0 Å². The molecule has 1 amide bonds. The number of aryl methyl sites for hydroxylation is 1. The quantitative estimate of drug-likeness (QED) is 0.735. The molecule has 0 aliphatic heterocycles. The van der Waals surface area contributed by atoms with E-state index in [9.17, 15) is 4.79 Å². The van der Waals surface area contributed by atoms with Crippen LogP contribution in [-0.4, -0.2) is 29.2 Å². The van der Waals surface area contributed by atoms with Crippen LogP contribution in [0.3, 0.4) is 0 Å². The molecule has 0 spiro atoms. The molecular weight excluding hydrogens is 276 g/mol.